The van der Waals surface area contributed by atoms with E-state index in [4.69, 9.17) is 21.6 Å². The van der Waals surface area contributed by atoms with Gasteiger partial charge in [-0.2, -0.15) is 5.26 Å². The normalized spacial score (nSPS) is 32.6. The molecule has 1 saturated heterocycles. The topological polar surface area (TPSA) is 53.3 Å². The zero-order chi connectivity index (χ0) is 10.1. The highest BCUT2D eigenvalue weighted by Gasteiger charge is 2.61. The Hall–Kier alpha value is -0.790. The molecule has 13 heavy (non-hydrogen) atoms. The number of ether oxygens (including phenoxy) is 1. The second kappa shape index (κ2) is 3.52. The van der Waals surface area contributed by atoms with Crippen LogP contribution in [0.1, 0.15) is 13.8 Å². The highest BCUT2D eigenvalue weighted by Crippen LogP contribution is 2.36. The van der Waals surface area contributed by atoms with Gasteiger partial charge in [-0.15, -0.1) is 0 Å². The molecular formula is C8H11ClN2O2. The highest BCUT2D eigenvalue weighted by atomic mass is 35.5. The van der Waals surface area contributed by atoms with E-state index in [2.05, 4.69) is 0 Å². The van der Waals surface area contributed by atoms with Gasteiger partial charge >= 0.3 is 0 Å². The van der Waals surface area contributed by atoms with Crippen LogP contribution < -0.4 is 0 Å². The molecule has 0 spiro atoms. The average Bonchev–Trinajstić information content (AvgIpc) is 2.16. The maximum atomic E-state index is 11.3. The van der Waals surface area contributed by atoms with Gasteiger partial charge in [0.15, 0.2) is 6.23 Å². The summed E-state index contributed by atoms with van der Waals surface area (Å²) < 4.78 is 5.21. The van der Waals surface area contributed by atoms with Crippen molar-refractivity contribution in [1.29, 1.82) is 5.26 Å². The van der Waals surface area contributed by atoms with Crippen molar-refractivity contribution >= 4 is 17.5 Å². The van der Waals surface area contributed by atoms with Crippen LogP contribution in [0.25, 0.3) is 0 Å². The minimum Gasteiger partial charge on any atom is -0.355 e. The minimum absolute atomic E-state index is 0.363. The third-order valence-corrected chi connectivity index (χ3v) is 2.46. The molecule has 0 saturated carbocycles. The predicted octanol–water partition coefficient (Wildman–Crippen LogP) is 0.712. The number of amides is 1. The number of halogens is 1. The van der Waals surface area contributed by atoms with E-state index in [1.54, 1.807) is 13.0 Å². The van der Waals surface area contributed by atoms with Crippen molar-refractivity contribution < 1.29 is 9.53 Å². The van der Waals surface area contributed by atoms with Gasteiger partial charge in [0.2, 0.25) is 0 Å². The molecular weight excluding hydrogens is 192 g/mol. The molecule has 1 aliphatic rings. The fourth-order valence-corrected chi connectivity index (χ4v) is 1.63. The lowest BCUT2D eigenvalue weighted by Gasteiger charge is -2.47. The lowest BCUT2D eigenvalue weighted by Crippen LogP contribution is -2.71. The number of carbonyl (C=O) groups excluding carboxylic acids is 1. The van der Waals surface area contributed by atoms with Crippen molar-refractivity contribution in [2.24, 2.45) is 0 Å². The molecule has 1 aliphatic heterocycles. The number of likely N-dealkylation sites (tertiary alicyclic amines) is 1. The molecule has 2 atom stereocenters. The number of rotatable bonds is 3. The van der Waals surface area contributed by atoms with Crippen molar-refractivity contribution in [3.8, 4) is 6.07 Å². The number of hydrogen-bond donors (Lipinski definition) is 0. The van der Waals surface area contributed by atoms with Gasteiger partial charge in [0.1, 0.15) is 6.07 Å². The first-order valence-electron chi connectivity index (χ1n) is 4.14. The van der Waals surface area contributed by atoms with Crippen LogP contribution in [0.2, 0.25) is 0 Å². The van der Waals surface area contributed by atoms with Crippen LogP contribution in [0.15, 0.2) is 0 Å². The van der Waals surface area contributed by atoms with Crippen molar-refractivity contribution in [3.63, 3.8) is 0 Å². The van der Waals surface area contributed by atoms with Crippen molar-refractivity contribution in [2.45, 2.75) is 24.9 Å². The van der Waals surface area contributed by atoms with Crippen LogP contribution in [0.5, 0.6) is 0 Å². The van der Waals surface area contributed by atoms with E-state index in [-0.39, 0.29) is 5.91 Å². The van der Waals surface area contributed by atoms with Crippen LogP contribution in [0, 0.1) is 11.3 Å². The van der Waals surface area contributed by atoms with E-state index >= 15 is 0 Å². The second-order valence-electron chi connectivity index (χ2n) is 2.72. The van der Waals surface area contributed by atoms with Gasteiger partial charge in [-0.1, -0.05) is 11.6 Å². The monoisotopic (exact) mass is 202 g/mol. The van der Waals surface area contributed by atoms with E-state index in [0.717, 1.165) is 0 Å². The number of nitrogens with zero attached hydrogens (tertiary/aromatic N) is 2. The van der Waals surface area contributed by atoms with Crippen molar-refractivity contribution in [1.82, 2.24) is 4.90 Å². The van der Waals surface area contributed by atoms with Crippen LogP contribution >= 0.6 is 11.6 Å². The number of hydrogen-bond acceptors (Lipinski definition) is 3. The van der Waals surface area contributed by atoms with E-state index in [1.165, 1.54) is 4.90 Å². The molecule has 72 valence electrons. The number of alkyl halides is 1. The molecule has 0 unspecified atom stereocenters. The minimum atomic E-state index is -1.49. The Kier molecular flexibility index (Phi) is 2.79. The Bertz CT molecular complexity index is 263. The van der Waals surface area contributed by atoms with E-state index in [9.17, 15) is 4.79 Å². The molecule has 1 heterocycles. The van der Waals surface area contributed by atoms with Gasteiger partial charge < -0.3 is 9.64 Å². The molecule has 0 bridgehead atoms. The Morgan fingerprint density at radius 2 is 2.38 bits per heavy atom. The van der Waals surface area contributed by atoms with Gasteiger partial charge in [-0.3, -0.25) is 4.79 Å². The fraction of sp³-hybridized carbons (Fsp3) is 0.750. The van der Waals surface area contributed by atoms with Gasteiger partial charge in [-0.25, -0.2) is 0 Å². The third kappa shape index (κ3) is 1.28. The Labute approximate surface area is 82.0 Å². The van der Waals surface area contributed by atoms with Gasteiger partial charge in [0.05, 0.1) is 0 Å². The quantitative estimate of drug-likeness (QED) is 0.501. The zero-order valence-corrected chi connectivity index (χ0v) is 8.34. The van der Waals surface area contributed by atoms with Crippen LogP contribution in [-0.4, -0.2) is 35.1 Å². The first-order chi connectivity index (χ1) is 6.11. The largest absolute Gasteiger partial charge is 0.355 e. The molecule has 0 aromatic heterocycles. The molecule has 0 aliphatic carbocycles. The number of carbonyl (C=O) groups is 1. The smallest absolute Gasteiger partial charge is 0.265 e. The lowest BCUT2D eigenvalue weighted by molar-refractivity contribution is -0.178. The lowest BCUT2D eigenvalue weighted by atomic mass is 9.96. The van der Waals surface area contributed by atoms with Crippen molar-refractivity contribution in [2.75, 3.05) is 13.2 Å². The second-order valence-corrected chi connectivity index (χ2v) is 3.32. The summed E-state index contributed by atoms with van der Waals surface area (Å²) in [7, 11) is 0. The molecule has 5 heteroatoms. The van der Waals surface area contributed by atoms with Crippen LogP contribution in [0.4, 0.5) is 0 Å². The number of β-lactam (4-membered cyclic amide) rings is 1. The molecule has 0 radical (unpaired) electrons. The summed E-state index contributed by atoms with van der Waals surface area (Å²) in [5.41, 5.74) is 0. The van der Waals surface area contributed by atoms with Crippen LogP contribution in [0.3, 0.4) is 0 Å². The fourth-order valence-electron chi connectivity index (χ4n) is 1.34. The van der Waals surface area contributed by atoms with E-state index < -0.39 is 11.1 Å². The molecule has 1 rings (SSSR count). The Morgan fingerprint density at radius 3 is 2.77 bits per heavy atom. The molecule has 0 aromatic carbocycles. The zero-order valence-electron chi connectivity index (χ0n) is 7.58. The first-order valence-corrected chi connectivity index (χ1v) is 4.52. The summed E-state index contributed by atoms with van der Waals surface area (Å²) in [5, 5.41) is 8.72. The van der Waals surface area contributed by atoms with E-state index in [0.29, 0.717) is 13.2 Å². The van der Waals surface area contributed by atoms with Crippen LogP contribution in [-0.2, 0) is 9.53 Å². The average molecular weight is 203 g/mol. The summed E-state index contributed by atoms with van der Waals surface area (Å²) in [4.78, 5) is 11.3. The Balaban J connectivity index is 2.79. The maximum absolute atomic E-state index is 11.3. The standard InChI is InChI=1S/C8H11ClN2O2/c1-3-11-6(12)8(9,5-10)7(11)13-4-2/h7H,3-4H2,1-2H3/t7-,8+/m0/s1. The molecule has 1 amide bonds. The predicted molar refractivity (Wildman–Crippen MR) is 47.0 cm³/mol. The SMILES string of the molecule is CCO[C@@H]1N(CC)C(=O)[C@]1(Cl)C#N. The van der Waals surface area contributed by atoms with Gasteiger partial charge in [-0.05, 0) is 13.8 Å². The summed E-state index contributed by atoms with van der Waals surface area (Å²) in [6.45, 7) is 4.56. The summed E-state index contributed by atoms with van der Waals surface area (Å²) in [5.74, 6) is -0.363. The molecule has 1 fully saturated rings. The molecule has 4 nitrogen and oxygen atoms in total. The number of nitriles is 1. The van der Waals surface area contributed by atoms with Gasteiger partial charge in [0, 0.05) is 13.2 Å². The summed E-state index contributed by atoms with van der Waals surface area (Å²) in [6.07, 6.45) is -0.596. The highest BCUT2D eigenvalue weighted by molar-refractivity contribution is 6.40. The van der Waals surface area contributed by atoms with Gasteiger partial charge in [0.25, 0.3) is 10.8 Å². The van der Waals surface area contributed by atoms with E-state index in [1.807, 2.05) is 6.92 Å². The summed E-state index contributed by atoms with van der Waals surface area (Å²) in [6, 6.07) is 1.78. The third-order valence-electron chi connectivity index (χ3n) is 2.02. The first kappa shape index (κ1) is 10.3. The van der Waals surface area contributed by atoms with Crippen molar-refractivity contribution in [3.05, 3.63) is 0 Å². The molecule has 0 aromatic rings. The Morgan fingerprint density at radius 1 is 1.77 bits per heavy atom. The molecule has 0 N–H and O–H groups in total. The maximum Gasteiger partial charge on any atom is 0.265 e. The summed E-state index contributed by atoms with van der Waals surface area (Å²) >= 11 is 5.78.